The van der Waals surface area contributed by atoms with Crippen molar-refractivity contribution in [3.63, 3.8) is 0 Å². The molecule has 4 nitrogen and oxygen atoms in total. The summed E-state index contributed by atoms with van der Waals surface area (Å²) in [6, 6.07) is 8.35. The van der Waals surface area contributed by atoms with Gasteiger partial charge in [-0.05, 0) is 67.1 Å². The molecule has 0 fully saturated rings. The van der Waals surface area contributed by atoms with E-state index in [1.54, 1.807) is 0 Å². The quantitative estimate of drug-likeness (QED) is 0.660. The van der Waals surface area contributed by atoms with Gasteiger partial charge < -0.3 is 5.73 Å². The van der Waals surface area contributed by atoms with Crippen molar-refractivity contribution in [1.82, 2.24) is 14.5 Å². The first-order valence-electron chi connectivity index (χ1n) is 6.36. The number of hydrogen-bond donors (Lipinski definition) is 1. The van der Waals surface area contributed by atoms with Crippen LogP contribution in [0.25, 0.3) is 16.7 Å². The molecule has 0 spiro atoms. The number of aryl methyl sites for hydroxylation is 2. The molecule has 5 heteroatoms. The van der Waals surface area contributed by atoms with Crippen LogP contribution in [0.15, 0.2) is 24.3 Å². The number of nitrogen functional groups attached to an aromatic ring is 1. The Kier molecular flexibility index (Phi) is 3.16. The molecule has 3 aromatic rings. The van der Waals surface area contributed by atoms with Gasteiger partial charge in [-0.3, -0.25) is 4.57 Å². The molecule has 20 heavy (non-hydrogen) atoms. The first kappa shape index (κ1) is 13.4. The molecule has 2 aromatic heterocycles. The van der Waals surface area contributed by atoms with E-state index in [9.17, 15) is 0 Å². The molecule has 0 saturated heterocycles. The van der Waals surface area contributed by atoms with Crippen molar-refractivity contribution in [2.45, 2.75) is 20.8 Å². The Bertz CT molecular complexity index is 820. The van der Waals surface area contributed by atoms with Gasteiger partial charge in [0.05, 0.1) is 5.39 Å². The third-order valence-corrected chi connectivity index (χ3v) is 4.23. The second-order valence-electron chi connectivity index (χ2n) is 4.88. The van der Waals surface area contributed by atoms with Crippen LogP contribution >= 0.6 is 22.6 Å². The third kappa shape index (κ3) is 1.96. The van der Waals surface area contributed by atoms with Crippen molar-refractivity contribution in [2.75, 3.05) is 5.73 Å². The molecular formula is C15H15IN4. The van der Waals surface area contributed by atoms with Crippen molar-refractivity contribution in [3.05, 3.63) is 44.9 Å². The maximum absolute atomic E-state index is 6.08. The summed E-state index contributed by atoms with van der Waals surface area (Å²) >= 11 is 2.32. The highest BCUT2D eigenvalue weighted by Crippen LogP contribution is 2.30. The Hall–Kier alpha value is -1.63. The van der Waals surface area contributed by atoms with Gasteiger partial charge in [0.15, 0.2) is 5.65 Å². The summed E-state index contributed by atoms with van der Waals surface area (Å²) in [5.41, 5.74) is 10.3. The van der Waals surface area contributed by atoms with E-state index < -0.39 is 0 Å². The van der Waals surface area contributed by atoms with Crippen LogP contribution in [0.2, 0.25) is 0 Å². The van der Waals surface area contributed by atoms with E-state index in [1.807, 2.05) is 6.92 Å². The lowest BCUT2D eigenvalue weighted by atomic mass is 10.2. The van der Waals surface area contributed by atoms with Gasteiger partial charge in [-0.15, -0.1) is 0 Å². The van der Waals surface area contributed by atoms with Crippen LogP contribution in [0.4, 0.5) is 5.82 Å². The van der Waals surface area contributed by atoms with Crippen LogP contribution in [-0.4, -0.2) is 14.5 Å². The second kappa shape index (κ2) is 4.73. The minimum atomic E-state index is 0.553. The zero-order valence-corrected chi connectivity index (χ0v) is 13.8. The fourth-order valence-corrected chi connectivity index (χ4v) is 3.07. The van der Waals surface area contributed by atoms with Gasteiger partial charge in [0.1, 0.15) is 11.6 Å². The number of nitrogens with two attached hydrogens (primary N) is 1. The lowest BCUT2D eigenvalue weighted by molar-refractivity contribution is 0.995. The zero-order chi connectivity index (χ0) is 14.4. The van der Waals surface area contributed by atoms with E-state index in [4.69, 9.17) is 5.73 Å². The molecule has 0 aliphatic carbocycles. The second-order valence-corrected chi connectivity index (χ2v) is 6.13. The van der Waals surface area contributed by atoms with Gasteiger partial charge in [0.25, 0.3) is 0 Å². The van der Waals surface area contributed by atoms with Crippen LogP contribution in [0, 0.1) is 24.3 Å². The van der Waals surface area contributed by atoms with Gasteiger partial charge in [0.2, 0.25) is 0 Å². The smallest absolute Gasteiger partial charge is 0.150 e. The van der Waals surface area contributed by atoms with E-state index in [2.05, 4.69) is 75.2 Å². The highest BCUT2D eigenvalue weighted by Gasteiger charge is 2.17. The molecule has 0 atom stereocenters. The maximum atomic E-state index is 6.08. The molecule has 1 aromatic carbocycles. The molecule has 0 amide bonds. The van der Waals surface area contributed by atoms with Gasteiger partial charge in [0, 0.05) is 15.0 Å². The SMILES string of the molecule is Cc1nc(N)c2c(C)c(C)n(-c3cccc(I)c3)c2n1. The lowest BCUT2D eigenvalue weighted by Crippen LogP contribution is -2.01. The monoisotopic (exact) mass is 378 g/mol. The topological polar surface area (TPSA) is 56.7 Å². The highest BCUT2D eigenvalue weighted by atomic mass is 127. The fourth-order valence-electron chi connectivity index (χ4n) is 2.54. The van der Waals surface area contributed by atoms with E-state index in [-0.39, 0.29) is 0 Å². The van der Waals surface area contributed by atoms with Crippen LogP contribution in [0.5, 0.6) is 0 Å². The summed E-state index contributed by atoms with van der Waals surface area (Å²) in [5.74, 6) is 1.25. The number of rotatable bonds is 1. The summed E-state index contributed by atoms with van der Waals surface area (Å²) in [5, 5.41) is 0.951. The summed E-state index contributed by atoms with van der Waals surface area (Å²) < 4.78 is 3.34. The molecule has 0 aliphatic rings. The average Bonchev–Trinajstić information content (AvgIpc) is 2.61. The minimum Gasteiger partial charge on any atom is -0.383 e. The van der Waals surface area contributed by atoms with E-state index in [1.165, 1.54) is 3.57 Å². The standard InChI is InChI=1S/C15H15IN4/c1-8-9(2)20(12-6-4-5-11(16)7-12)15-13(8)14(17)18-10(3)19-15/h4-7H,1-3H3,(H2,17,18,19). The summed E-state index contributed by atoms with van der Waals surface area (Å²) in [6.07, 6.45) is 0. The fraction of sp³-hybridized carbons (Fsp3) is 0.200. The molecule has 2 heterocycles. The normalized spacial score (nSPS) is 11.2. The largest absolute Gasteiger partial charge is 0.383 e. The summed E-state index contributed by atoms with van der Waals surface area (Å²) in [4.78, 5) is 8.87. The molecule has 102 valence electrons. The Morgan fingerprint density at radius 2 is 1.90 bits per heavy atom. The lowest BCUT2D eigenvalue weighted by Gasteiger charge is -2.08. The molecule has 0 radical (unpaired) electrons. The summed E-state index contributed by atoms with van der Waals surface area (Å²) in [7, 11) is 0. The number of anilines is 1. The molecule has 0 unspecified atom stereocenters. The van der Waals surface area contributed by atoms with Gasteiger partial charge in [-0.1, -0.05) is 6.07 Å². The zero-order valence-electron chi connectivity index (χ0n) is 11.6. The van der Waals surface area contributed by atoms with E-state index >= 15 is 0 Å². The van der Waals surface area contributed by atoms with Crippen LogP contribution in [-0.2, 0) is 0 Å². The first-order valence-corrected chi connectivity index (χ1v) is 7.44. The molecule has 0 aliphatic heterocycles. The predicted molar refractivity (Wildman–Crippen MR) is 90.2 cm³/mol. The van der Waals surface area contributed by atoms with Crippen molar-refractivity contribution in [1.29, 1.82) is 0 Å². The number of aromatic nitrogens is 3. The van der Waals surface area contributed by atoms with Crippen molar-refractivity contribution in [3.8, 4) is 5.69 Å². The number of nitrogens with zero attached hydrogens (tertiary/aromatic N) is 3. The first-order chi connectivity index (χ1) is 9.49. The molecular weight excluding hydrogens is 363 g/mol. The van der Waals surface area contributed by atoms with Crippen LogP contribution in [0.3, 0.4) is 0 Å². The summed E-state index contributed by atoms with van der Waals surface area (Å²) in [6.45, 7) is 6.02. The van der Waals surface area contributed by atoms with Gasteiger partial charge >= 0.3 is 0 Å². The molecule has 0 bridgehead atoms. The Labute approximate surface area is 131 Å². The molecule has 3 rings (SSSR count). The average molecular weight is 378 g/mol. The molecule has 2 N–H and O–H groups in total. The minimum absolute atomic E-state index is 0.553. The van der Waals surface area contributed by atoms with E-state index in [0.29, 0.717) is 11.6 Å². The number of hydrogen-bond acceptors (Lipinski definition) is 3. The third-order valence-electron chi connectivity index (χ3n) is 3.56. The Morgan fingerprint density at radius 1 is 1.15 bits per heavy atom. The van der Waals surface area contributed by atoms with Crippen molar-refractivity contribution >= 4 is 39.4 Å². The Morgan fingerprint density at radius 3 is 2.60 bits per heavy atom. The van der Waals surface area contributed by atoms with Gasteiger partial charge in [-0.25, -0.2) is 9.97 Å². The van der Waals surface area contributed by atoms with Crippen molar-refractivity contribution in [2.24, 2.45) is 0 Å². The number of halogens is 1. The maximum Gasteiger partial charge on any atom is 0.150 e. The number of fused-ring (bicyclic) bond motifs is 1. The molecule has 0 saturated carbocycles. The highest BCUT2D eigenvalue weighted by molar-refractivity contribution is 14.1. The van der Waals surface area contributed by atoms with Crippen molar-refractivity contribution < 1.29 is 0 Å². The Balaban J connectivity index is 2.44. The predicted octanol–water partition coefficient (Wildman–Crippen LogP) is 3.53. The van der Waals surface area contributed by atoms with Crippen LogP contribution < -0.4 is 5.73 Å². The van der Waals surface area contributed by atoms with Crippen LogP contribution in [0.1, 0.15) is 17.1 Å². The number of benzene rings is 1. The van der Waals surface area contributed by atoms with E-state index in [0.717, 1.165) is 28.0 Å². The van der Waals surface area contributed by atoms with Gasteiger partial charge in [-0.2, -0.15) is 0 Å².